The first-order valence-corrected chi connectivity index (χ1v) is 9.02. The fourth-order valence-electron chi connectivity index (χ4n) is 4.78. The standard InChI is InChI=1S/C24H26NO/c1-4-16-24(17-5-2)21-14-10-11-15-22(21)25(18-6-3,23(24)19-26)20-12-8-7-9-13-20/h4-15,19,23H,1-3,16-18H2/q+1. The van der Waals surface area contributed by atoms with E-state index in [9.17, 15) is 4.79 Å². The molecule has 2 aromatic rings. The molecule has 1 aliphatic rings. The maximum atomic E-state index is 12.6. The van der Waals surface area contributed by atoms with E-state index in [0.717, 1.165) is 24.8 Å². The van der Waals surface area contributed by atoms with E-state index in [4.69, 9.17) is 0 Å². The van der Waals surface area contributed by atoms with Crippen molar-refractivity contribution < 1.29 is 4.79 Å². The van der Waals surface area contributed by atoms with Gasteiger partial charge < -0.3 is 0 Å². The van der Waals surface area contributed by atoms with Gasteiger partial charge >= 0.3 is 0 Å². The lowest BCUT2D eigenvalue weighted by molar-refractivity contribution is -0.112. The first kappa shape index (κ1) is 18.1. The van der Waals surface area contributed by atoms with E-state index in [1.54, 1.807) is 0 Å². The summed E-state index contributed by atoms with van der Waals surface area (Å²) in [5.74, 6) is 0. The van der Waals surface area contributed by atoms with Crippen molar-refractivity contribution in [3.05, 3.63) is 98.1 Å². The molecule has 0 aromatic heterocycles. The highest BCUT2D eigenvalue weighted by molar-refractivity contribution is 5.81. The zero-order valence-electron chi connectivity index (χ0n) is 15.2. The van der Waals surface area contributed by atoms with Crippen LogP contribution in [0.4, 0.5) is 11.4 Å². The number of quaternary nitrogens is 1. The lowest BCUT2D eigenvalue weighted by Gasteiger charge is -2.41. The Morgan fingerprint density at radius 3 is 2.08 bits per heavy atom. The molecule has 0 N–H and O–H groups in total. The molecule has 26 heavy (non-hydrogen) atoms. The van der Waals surface area contributed by atoms with E-state index >= 15 is 0 Å². The number of carbonyl (C=O) groups excluding carboxylic acids is 1. The molecule has 0 bridgehead atoms. The summed E-state index contributed by atoms with van der Waals surface area (Å²) in [6.45, 7) is 12.6. The number of allylic oxidation sites excluding steroid dienone is 2. The van der Waals surface area contributed by atoms with Gasteiger partial charge in [0, 0.05) is 5.56 Å². The number of hydrogen-bond acceptors (Lipinski definition) is 1. The van der Waals surface area contributed by atoms with Gasteiger partial charge in [-0.2, -0.15) is 0 Å². The van der Waals surface area contributed by atoms with Crippen LogP contribution in [-0.4, -0.2) is 18.9 Å². The van der Waals surface area contributed by atoms with Gasteiger partial charge in [-0.05, 0) is 37.1 Å². The SMILES string of the molecule is C=CCC1(CC=C)c2ccccc2[N+](CC=C)(c2ccccc2)C1C=O. The summed E-state index contributed by atoms with van der Waals surface area (Å²) in [6.07, 6.45) is 8.35. The van der Waals surface area contributed by atoms with Gasteiger partial charge in [-0.25, -0.2) is 4.48 Å². The van der Waals surface area contributed by atoms with Gasteiger partial charge in [0.15, 0.2) is 12.3 Å². The molecule has 0 fully saturated rings. The quantitative estimate of drug-likeness (QED) is 0.352. The number of para-hydroxylation sites is 2. The lowest BCUT2D eigenvalue weighted by Crippen LogP contribution is -2.57. The van der Waals surface area contributed by atoms with Gasteiger partial charge in [0.2, 0.25) is 0 Å². The molecule has 0 saturated heterocycles. The van der Waals surface area contributed by atoms with Crippen LogP contribution in [0.15, 0.2) is 92.6 Å². The van der Waals surface area contributed by atoms with Crippen molar-refractivity contribution in [2.75, 3.05) is 6.54 Å². The Kier molecular flexibility index (Phi) is 5.06. The first-order valence-electron chi connectivity index (χ1n) is 9.02. The average molecular weight is 344 g/mol. The molecule has 1 aliphatic heterocycles. The van der Waals surface area contributed by atoms with Crippen molar-refractivity contribution in [3.63, 3.8) is 0 Å². The van der Waals surface area contributed by atoms with Crippen molar-refractivity contribution in [1.29, 1.82) is 0 Å². The number of carbonyl (C=O) groups is 1. The normalized spacial score (nSPS) is 23.0. The van der Waals surface area contributed by atoms with Gasteiger partial charge in [-0.15, -0.1) is 13.2 Å². The van der Waals surface area contributed by atoms with E-state index in [2.05, 4.69) is 56.1 Å². The van der Waals surface area contributed by atoms with Crippen LogP contribution in [0.2, 0.25) is 0 Å². The number of aldehydes is 1. The van der Waals surface area contributed by atoms with Crippen LogP contribution in [0.3, 0.4) is 0 Å². The van der Waals surface area contributed by atoms with Crippen LogP contribution in [0.1, 0.15) is 18.4 Å². The van der Waals surface area contributed by atoms with Crippen molar-refractivity contribution in [2.24, 2.45) is 0 Å². The van der Waals surface area contributed by atoms with Gasteiger partial charge in [-0.1, -0.05) is 55.1 Å². The summed E-state index contributed by atoms with van der Waals surface area (Å²) >= 11 is 0. The molecule has 2 aromatic carbocycles. The smallest absolute Gasteiger partial charge is 0.179 e. The van der Waals surface area contributed by atoms with E-state index < -0.39 is 0 Å². The third-order valence-corrected chi connectivity index (χ3v) is 5.69. The van der Waals surface area contributed by atoms with Crippen molar-refractivity contribution in [2.45, 2.75) is 24.3 Å². The molecule has 1 heterocycles. The number of hydrogen-bond donors (Lipinski definition) is 0. The largest absolute Gasteiger partial charge is 0.297 e. The molecule has 132 valence electrons. The Morgan fingerprint density at radius 1 is 0.885 bits per heavy atom. The van der Waals surface area contributed by atoms with Crippen molar-refractivity contribution >= 4 is 17.7 Å². The minimum Gasteiger partial charge on any atom is -0.297 e. The number of fused-ring (bicyclic) bond motifs is 1. The first-order chi connectivity index (χ1) is 12.7. The van der Waals surface area contributed by atoms with E-state index in [1.165, 1.54) is 11.3 Å². The Bertz CT molecular complexity index is 813. The zero-order chi connectivity index (χ0) is 18.6. The van der Waals surface area contributed by atoms with E-state index in [0.29, 0.717) is 11.0 Å². The van der Waals surface area contributed by atoms with Crippen molar-refractivity contribution in [1.82, 2.24) is 4.48 Å². The van der Waals surface area contributed by atoms with E-state index in [-0.39, 0.29) is 11.5 Å². The molecular formula is C24H26NO+. The second-order valence-electron chi connectivity index (χ2n) is 6.92. The Hall–Kier alpha value is -2.71. The molecule has 0 saturated carbocycles. The molecule has 0 spiro atoms. The van der Waals surface area contributed by atoms with Crippen LogP contribution in [-0.2, 0) is 10.2 Å². The Balaban J connectivity index is 2.41. The van der Waals surface area contributed by atoms with Crippen LogP contribution in [0, 0.1) is 0 Å². The fraction of sp³-hybridized carbons (Fsp3) is 0.208. The van der Waals surface area contributed by atoms with Crippen LogP contribution < -0.4 is 4.48 Å². The molecule has 0 aliphatic carbocycles. The topological polar surface area (TPSA) is 17.1 Å². The van der Waals surface area contributed by atoms with E-state index in [1.807, 2.05) is 36.4 Å². The molecule has 2 unspecified atom stereocenters. The minimum atomic E-state index is -0.347. The molecule has 3 rings (SSSR count). The summed E-state index contributed by atoms with van der Waals surface area (Å²) in [4.78, 5) is 12.6. The summed E-state index contributed by atoms with van der Waals surface area (Å²) in [7, 11) is 0. The predicted molar refractivity (Wildman–Crippen MR) is 111 cm³/mol. The highest BCUT2D eigenvalue weighted by atomic mass is 16.1. The average Bonchev–Trinajstić information content (AvgIpc) is 2.90. The van der Waals surface area contributed by atoms with Crippen LogP contribution in [0.5, 0.6) is 0 Å². The number of nitrogens with zero attached hydrogens (tertiary/aromatic N) is 1. The van der Waals surface area contributed by atoms with Gasteiger partial charge in [0.1, 0.15) is 17.9 Å². The number of benzene rings is 2. The highest BCUT2D eigenvalue weighted by Crippen LogP contribution is 2.57. The summed E-state index contributed by atoms with van der Waals surface area (Å²) in [5.41, 5.74) is 3.13. The zero-order valence-corrected chi connectivity index (χ0v) is 15.2. The highest BCUT2D eigenvalue weighted by Gasteiger charge is 2.61. The molecule has 0 radical (unpaired) electrons. The fourth-order valence-corrected chi connectivity index (χ4v) is 4.78. The van der Waals surface area contributed by atoms with Gasteiger partial charge in [0.25, 0.3) is 0 Å². The summed E-state index contributed by atoms with van der Waals surface area (Å²) < 4.78 is 0.464. The summed E-state index contributed by atoms with van der Waals surface area (Å²) in [5, 5.41) is 0. The number of rotatable bonds is 8. The van der Waals surface area contributed by atoms with Gasteiger partial charge in [-0.3, -0.25) is 4.79 Å². The molecule has 2 heteroatoms. The minimum absolute atomic E-state index is 0.267. The second kappa shape index (κ2) is 7.27. The molecule has 0 amide bonds. The predicted octanol–water partition coefficient (Wildman–Crippen LogP) is 5.48. The summed E-state index contributed by atoms with van der Waals surface area (Å²) in [6, 6.07) is 18.4. The Labute approximate surface area is 156 Å². The third-order valence-electron chi connectivity index (χ3n) is 5.69. The maximum absolute atomic E-state index is 12.6. The molecule has 2 atom stereocenters. The molecule has 2 nitrogen and oxygen atoms in total. The van der Waals surface area contributed by atoms with Crippen molar-refractivity contribution in [3.8, 4) is 0 Å². The molecular weight excluding hydrogens is 318 g/mol. The van der Waals surface area contributed by atoms with Gasteiger partial charge in [0.05, 0.1) is 5.41 Å². The maximum Gasteiger partial charge on any atom is 0.179 e. The Morgan fingerprint density at radius 2 is 1.50 bits per heavy atom. The van der Waals surface area contributed by atoms with Crippen LogP contribution >= 0.6 is 0 Å². The second-order valence-corrected chi connectivity index (χ2v) is 6.92. The third kappa shape index (κ3) is 2.41. The monoisotopic (exact) mass is 344 g/mol. The van der Waals surface area contributed by atoms with Crippen LogP contribution in [0.25, 0.3) is 0 Å². The lowest BCUT2D eigenvalue weighted by atomic mass is 9.71.